The monoisotopic (exact) mass is 390 g/mol. The normalized spacial score (nSPS) is 14.9. The summed E-state index contributed by atoms with van der Waals surface area (Å²) in [5.74, 6) is 0.213. The number of esters is 1. The number of amides is 1. The van der Waals surface area contributed by atoms with Gasteiger partial charge in [0.15, 0.2) is 6.54 Å². The fraction of sp³-hybridized carbons (Fsp3) is 0.444. The quantitative estimate of drug-likeness (QED) is 0.714. The average Bonchev–Trinajstić information content (AvgIpc) is 2.95. The lowest BCUT2D eigenvalue weighted by atomic mass is 10.1. The van der Waals surface area contributed by atoms with Crippen LogP contribution >= 0.6 is 11.3 Å². The minimum Gasteiger partial charge on any atom is -0.465 e. The molecule has 2 aromatic heterocycles. The molecular weight excluding hydrogens is 366 g/mol. The van der Waals surface area contributed by atoms with Crippen LogP contribution in [-0.4, -0.2) is 61.7 Å². The van der Waals surface area contributed by atoms with E-state index in [1.165, 1.54) is 23.3 Å². The number of nitrogens with one attached hydrogen (secondary N) is 2. The van der Waals surface area contributed by atoms with E-state index in [1.807, 2.05) is 13.8 Å². The van der Waals surface area contributed by atoms with Crippen molar-refractivity contribution in [1.29, 1.82) is 0 Å². The summed E-state index contributed by atoms with van der Waals surface area (Å²) in [7, 11) is 1.35. The lowest BCUT2D eigenvalue weighted by Gasteiger charge is -2.31. The summed E-state index contributed by atoms with van der Waals surface area (Å²) >= 11 is 1.41. The van der Waals surface area contributed by atoms with Gasteiger partial charge in [0.05, 0.1) is 38.9 Å². The zero-order valence-electron chi connectivity index (χ0n) is 15.7. The van der Waals surface area contributed by atoms with E-state index in [9.17, 15) is 9.59 Å². The van der Waals surface area contributed by atoms with Crippen LogP contribution < -0.4 is 15.1 Å². The van der Waals surface area contributed by atoms with E-state index in [0.717, 1.165) is 42.6 Å². The molecule has 0 bridgehead atoms. The molecule has 0 saturated carbocycles. The number of carbonyl (C=O) groups excluding carboxylic acids is 2. The fourth-order valence-corrected chi connectivity index (χ4v) is 4.18. The van der Waals surface area contributed by atoms with Gasteiger partial charge in [0.2, 0.25) is 5.95 Å². The SMILES string of the molecule is COC(=O)c1c(NC(=O)C[NH+]2CCN(c3ncccn3)CC2)sc(C)c1C. The number of ether oxygens (including phenoxy) is 1. The van der Waals surface area contributed by atoms with Crippen molar-refractivity contribution in [3.63, 3.8) is 0 Å². The molecule has 1 saturated heterocycles. The Morgan fingerprint density at radius 1 is 1.26 bits per heavy atom. The largest absolute Gasteiger partial charge is 0.465 e. The maximum Gasteiger partial charge on any atom is 0.341 e. The minimum atomic E-state index is -0.420. The van der Waals surface area contributed by atoms with Crippen molar-refractivity contribution in [1.82, 2.24) is 9.97 Å². The van der Waals surface area contributed by atoms with Gasteiger partial charge in [-0.15, -0.1) is 11.3 Å². The molecule has 1 aliphatic heterocycles. The second-order valence-electron chi connectivity index (χ2n) is 6.49. The molecule has 0 spiro atoms. The molecule has 0 aliphatic carbocycles. The van der Waals surface area contributed by atoms with Gasteiger partial charge in [0.25, 0.3) is 5.91 Å². The summed E-state index contributed by atoms with van der Waals surface area (Å²) in [6, 6.07) is 1.80. The van der Waals surface area contributed by atoms with Gasteiger partial charge >= 0.3 is 5.97 Å². The number of thiophene rings is 1. The maximum absolute atomic E-state index is 12.5. The Balaban J connectivity index is 1.57. The van der Waals surface area contributed by atoms with Crippen molar-refractivity contribution in [3.05, 3.63) is 34.5 Å². The van der Waals surface area contributed by atoms with Crippen LogP contribution in [0.4, 0.5) is 10.9 Å². The van der Waals surface area contributed by atoms with E-state index in [1.54, 1.807) is 18.5 Å². The van der Waals surface area contributed by atoms with E-state index in [0.29, 0.717) is 17.1 Å². The highest BCUT2D eigenvalue weighted by atomic mass is 32.1. The Bertz CT molecular complexity index is 816. The first-order valence-corrected chi connectivity index (χ1v) is 9.65. The first-order valence-electron chi connectivity index (χ1n) is 8.83. The molecule has 144 valence electrons. The summed E-state index contributed by atoms with van der Waals surface area (Å²) in [6.07, 6.45) is 3.47. The van der Waals surface area contributed by atoms with Crippen LogP contribution in [0.5, 0.6) is 0 Å². The third kappa shape index (κ3) is 4.42. The first-order chi connectivity index (χ1) is 13.0. The first kappa shape index (κ1) is 19.2. The highest BCUT2D eigenvalue weighted by Gasteiger charge is 2.26. The van der Waals surface area contributed by atoms with Gasteiger partial charge in [0, 0.05) is 17.3 Å². The number of aromatic nitrogens is 2. The number of quaternary nitrogens is 1. The van der Waals surface area contributed by atoms with Crippen LogP contribution in [0, 0.1) is 13.8 Å². The second-order valence-corrected chi connectivity index (χ2v) is 7.71. The number of nitrogens with zero attached hydrogens (tertiary/aromatic N) is 3. The zero-order valence-corrected chi connectivity index (χ0v) is 16.6. The second kappa shape index (κ2) is 8.45. The Morgan fingerprint density at radius 3 is 2.56 bits per heavy atom. The molecule has 1 amide bonds. The predicted molar refractivity (Wildman–Crippen MR) is 104 cm³/mol. The average molecular weight is 390 g/mol. The van der Waals surface area contributed by atoms with Crippen LogP contribution in [-0.2, 0) is 9.53 Å². The van der Waals surface area contributed by atoms with Crippen LogP contribution in [0.2, 0.25) is 0 Å². The molecule has 2 N–H and O–H groups in total. The molecule has 0 unspecified atom stereocenters. The highest BCUT2D eigenvalue weighted by molar-refractivity contribution is 7.16. The summed E-state index contributed by atoms with van der Waals surface area (Å²) in [4.78, 5) is 37.4. The van der Waals surface area contributed by atoms with E-state index in [2.05, 4.69) is 20.2 Å². The van der Waals surface area contributed by atoms with Crippen LogP contribution in [0.1, 0.15) is 20.8 Å². The molecule has 8 nitrogen and oxygen atoms in total. The summed E-state index contributed by atoms with van der Waals surface area (Å²) in [5.41, 5.74) is 1.31. The molecule has 2 aromatic rings. The van der Waals surface area contributed by atoms with Crippen LogP contribution in [0.25, 0.3) is 0 Å². The number of methoxy groups -OCH3 is 1. The van der Waals surface area contributed by atoms with Crippen molar-refractivity contribution in [2.75, 3.05) is 50.1 Å². The van der Waals surface area contributed by atoms with E-state index in [4.69, 9.17) is 4.74 Å². The Kier molecular flexibility index (Phi) is 6.02. The van der Waals surface area contributed by atoms with Gasteiger partial charge in [-0.25, -0.2) is 14.8 Å². The summed E-state index contributed by atoms with van der Waals surface area (Å²) < 4.78 is 4.85. The molecule has 0 atom stereocenters. The lowest BCUT2D eigenvalue weighted by Crippen LogP contribution is -3.15. The highest BCUT2D eigenvalue weighted by Crippen LogP contribution is 2.32. The maximum atomic E-state index is 12.5. The van der Waals surface area contributed by atoms with Crippen molar-refractivity contribution < 1.29 is 19.2 Å². The van der Waals surface area contributed by atoms with Crippen molar-refractivity contribution in [2.24, 2.45) is 0 Å². The van der Waals surface area contributed by atoms with Crippen LogP contribution in [0.15, 0.2) is 18.5 Å². The van der Waals surface area contributed by atoms with Crippen molar-refractivity contribution in [2.45, 2.75) is 13.8 Å². The number of carbonyl (C=O) groups is 2. The molecule has 1 fully saturated rings. The number of aryl methyl sites for hydroxylation is 1. The zero-order chi connectivity index (χ0) is 19.4. The summed E-state index contributed by atoms with van der Waals surface area (Å²) in [6.45, 7) is 7.42. The standard InChI is InChI=1S/C18H23N5O3S/c1-12-13(2)27-16(15(12)17(25)26-3)21-14(24)11-22-7-9-23(10-8-22)18-19-5-4-6-20-18/h4-6H,7-11H2,1-3H3,(H,21,24)/p+1. The summed E-state index contributed by atoms with van der Waals surface area (Å²) in [5, 5.41) is 3.46. The van der Waals surface area contributed by atoms with Crippen molar-refractivity contribution >= 4 is 34.2 Å². The molecule has 3 heterocycles. The molecule has 1 aliphatic rings. The van der Waals surface area contributed by atoms with Gasteiger partial charge in [0.1, 0.15) is 5.00 Å². The third-order valence-electron chi connectivity index (χ3n) is 4.74. The van der Waals surface area contributed by atoms with Gasteiger partial charge in [-0.3, -0.25) is 4.79 Å². The van der Waals surface area contributed by atoms with Gasteiger partial charge < -0.3 is 19.9 Å². The predicted octanol–water partition coefficient (Wildman–Crippen LogP) is 0.285. The number of piperazine rings is 1. The molecular formula is C18H24N5O3S+. The van der Waals surface area contributed by atoms with E-state index >= 15 is 0 Å². The molecule has 9 heteroatoms. The van der Waals surface area contributed by atoms with Gasteiger partial charge in [-0.2, -0.15) is 0 Å². The fourth-order valence-electron chi connectivity index (χ4n) is 3.11. The number of rotatable bonds is 5. The lowest BCUT2D eigenvalue weighted by molar-refractivity contribution is -0.892. The number of hydrogen-bond donors (Lipinski definition) is 2. The number of hydrogen-bond acceptors (Lipinski definition) is 7. The Labute approximate surface area is 162 Å². The number of anilines is 2. The molecule has 0 radical (unpaired) electrons. The molecule has 0 aromatic carbocycles. The van der Waals surface area contributed by atoms with E-state index in [-0.39, 0.29) is 5.91 Å². The van der Waals surface area contributed by atoms with Crippen molar-refractivity contribution in [3.8, 4) is 0 Å². The van der Waals surface area contributed by atoms with Gasteiger partial charge in [-0.05, 0) is 25.5 Å². The Hall–Kier alpha value is -2.52. The minimum absolute atomic E-state index is 0.0965. The van der Waals surface area contributed by atoms with Gasteiger partial charge in [-0.1, -0.05) is 0 Å². The Morgan fingerprint density at radius 2 is 1.93 bits per heavy atom. The molecule has 27 heavy (non-hydrogen) atoms. The third-order valence-corrected chi connectivity index (χ3v) is 5.87. The van der Waals surface area contributed by atoms with E-state index < -0.39 is 5.97 Å². The topological polar surface area (TPSA) is 88.9 Å². The smallest absolute Gasteiger partial charge is 0.341 e. The van der Waals surface area contributed by atoms with Crippen LogP contribution in [0.3, 0.4) is 0 Å². The molecule has 3 rings (SSSR count).